The van der Waals surface area contributed by atoms with Crippen LogP contribution in [0.1, 0.15) is 11.8 Å². The van der Waals surface area contributed by atoms with Crippen LogP contribution in [0.25, 0.3) is 0 Å². The number of hydrogen-bond acceptors (Lipinski definition) is 3. The van der Waals surface area contributed by atoms with Crippen molar-refractivity contribution in [1.29, 1.82) is 0 Å². The Labute approximate surface area is 88.1 Å². The van der Waals surface area contributed by atoms with Crippen molar-refractivity contribution in [1.82, 2.24) is 4.90 Å². The molecule has 0 radical (unpaired) electrons. The zero-order valence-corrected chi connectivity index (χ0v) is 8.39. The van der Waals surface area contributed by atoms with Gasteiger partial charge >= 0.3 is 0 Å². The SMILES string of the molecule is C=CC(=O)N1CCOCC1c1ccco1. The monoisotopic (exact) mass is 207 g/mol. The zero-order chi connectivity index (χ0) is 10.7. The number of morpholine rings is 1. The average Bonchev–Trinajstić information content (AvgIpc) is 2.81. The lowest BCUT2D eigenvalue weighted by Gasteiger charge is -2.33. The first-order valence-corrected chi connectivity index (χ1v) is 4.87. The van der Waals surface area contributed by atoms with Gasteiger partial charge in [-0.2, -0.15) is 0 Å². The van der Waals surface area contributed by atoms with Gasteiger partial charge in [0, 0.05) is 6.54 Å². The fourth-order valence-electron chi connectivity index (χ4n) is 1.70. The first kappa shape index (κ1) is 9.98. The number of carbonyl (C=O) groups is 1. The van der Waals surface area contributed by atoms with E-state index in [4.69, 9.17) is 9.15 Å². The lowest BCUT2D eigenvalue weighted by molar-refractivity contribution is -0.135. The van der Waals surface area contributed by atoms with E-state index in [0.29, 0.717) is 19.8 Å². The van der Waals surface area contributed by atoms with E-state index in [-0.39, 0.29) is 11.9 Å². The predicted molar refractivity (Wildman–Crippen MR) is 54.2 cm³/mol. The van der Waals surface area contributed by atoms with E-state index in [0.717, 1.165) is 5.76 Å². The molecule has 2 heterocycles. The van der Waals surface area contributed by atoms with Gasteiger partial charge in [-0.25, -0.2) is 0 Å². The van der Waals surface area contributed by atoms with Crippen LogP contribution in [0.15, 0.2) is 35.5 Å². The molecule has 0 aliphatic carbocycles. The van der Waals surface area contributed by atoms with Crippen molar-refractivity contribution in [2.45, 2.75) is 6.04 Å². The van der Waals surface area contributed by atoms with Gasteiger partial charge in [0.1, 0.15) is 11.8 Å². The van der Waals surface area contributed by atoms with Crippen LogP contribution in [-0.2, 0) is 9.53 Å². The molecule has 15 heavy (non-hydrogen) atoms. The Morgan fingerprint density at radius 2 is 2.53 bits per heavy atom. The van der Waals surface area contributed by atoms with Gasteiger partial charge < -0.3 is 14.1 Å². The van der Waals surface area contributed by atoms with Crippen molar-refractivity contribution in [3.8, 4) is 0 Å². The van der Waals surface area contributed by atoms with Gasteiger partial charge in [0.2, 0.25) is 5.91 Å². The molecule has 1 saturated heterocycles. The smallest absolute Gasteiger partial charge is 0.246 e. The number of carbonyl (C=O) groups excluding carboxylic acids is 1. The standard InChI is InChI=1S/C11H13NO3/c1-2-11(13)12-5-7-14-8-9(12)10-4-3-6-15-10/h2-4,6,9H,1,5,7-8H2. The van der Waals surface area contributed by atoms with E-state index < -0.39 is 0 Å². The van der Waals surface area contributed by atoms with Gasteiger partial charge in [-0.1, -0.05) is 6.58 Å². The van der Waals surface area contributed by atoms with Crippen molar-refractivity contribution < 1.29 is 13.9 Å². The molecule has 0 aromatic carbocycles. The molecule has 1 unspecified atom stereocenters. The first-order chi connectivity index (χ1) is 7.33. The number of furan rings is 1. The predicted octanol–water partition coefficient (Wildman–Crippen LogP) is 1.37. The summed E-state index contributed by atoms with van der Waals surface area (Å²) in [6.45, 7) is 5.11. The van der Waals surface area contributed by atoms with E-state index >= 15 is 0 Å². The fraction of sp³-hybridized carbons (Fsp3) is 0.364. The van der Waals surface area contributed by atoms with Crippen LogP contribution in [0.4, 0.5) is 0 Å². The van der Waals surface area contributed by atoms with Gasteiger partial charge in [-0.15, -0.1) is 0 Å². The van der Waals surface area contributed by atoms with Gasteiger partial charge in [0.15, 0.2) is 0 Å². The minimum atomic E-state index is -0.126. The molecule has 0 spiro atoms. The average molecular weight is 207 g/mol. The van der Waals surface area contributed by atoms with E-state index in [9.17, 15) is 4.79 Å². The largest absolute Gasteiger partial charge is 0.467 e. The zero-order valence-electron chi connectivity index (χ0n) is 8.39. The Bertz CT molecular complexity index is 345. The number of ether oxygens (including phenoxy) is 1. The topological polar surface area (TPSA) is 42.7 Å². The van der Waals surface area contributed by atoms with E-state index in [1.54, 1.807) is 17.2 Å². The Hall–Kier alpha value is -1.55. The van der Waals surface area contributed by atoms with E-state index in [1.165, 1.54) is 6.08 Å². The van der Waals surface area contributed by atoms with Gasteiger partial charge in [-0.05, 0) is 18.2 Å². The molecule has 0 N–H and O–H groups in total. The fourth-order valence-corrected chi connectivity index (χ4v) is 1.70. The molecule has 1 atom stereocenters. The van der Waals surface area contributed by atoms with Gasteiger partial charge in [-0.3, -0.25) is 4.79 Å². The molecule has 1 aromatic heterocycles. The summed E-state index contributed by atoms with van der Waals surface area (Å²) in [6.07, 6.45) is 2.92. The van der Waals surface area contributed by atoms with Crippen molar-refractivity contribution in [2.24, 2.45) is 0 Å². The third kappa shape index (κ3) is 1.94. The van der Waals surface area contributed by atoms with Crippen LogP contribution in [-0.4, -0.2) is 30.6 Å². The molecular formula is C11H13NO3. The molecule has 0 bridgehead atoms. The summed E-state index contributed by atoms with van der Waals surface area (Å²) in [7, 11) is 0. The van der Waals surface area contributed by atoms with Crippen LogP contribution in [0, 0.1) is 0 Å². The second-order valence-corrected chi connectivity index (χ2v) is 3.34. The number of nitrogens with zero attached hydrogens (tertiary/aromatic N) is 1. The summed E-state index contributed by atoms with van der Waals surface area (Å²) in [5.74, 6) is 0.671. The maximum Gasteiger partial charge on any atom is 0.246 e. The normalized spacial score (nSPS) is 21.3. The number of hydrogen-bond donors (Lipinski definition) is 0. The number of rotatable bonds is 2. The Morgan fingerprint density at radius 1 is 1.67 bits per heavy atom. The van der Waals surface area contributed by atoms with Crippen molar-refractivity contribution in [3.63, 3.8) is 0 Å². The summed E-state index contributed by atoms with van der Waals surface area (Å²) in [5.41, 5.74) is 0. The van der Waals surface area contributed by atoms with E-state index in [1.807, 2.05) is 6.07 Å². The molecule has 4 heteroatoms. The summed E-state index contributed by atoms with van der Waals surface area (Å²) < 4.78 is 10.6. The van der Waals surface area contributed by atoms with Gasteiger partial charge in [0.25, 0.3) is 0 Å². The second-order valence-electron chi connectivity index (χ2n) is 3.34. The lowest BCUT2D eigenvalue weighted by atomic mass is 10.1. The molecule has 0 saturated carbocycles. The van der Waals surface area contributed by atoms with Crippen molar-refractivity contribution in [2.75, 3.05) is 19.8 Å². The summed E-state index contributed by atoms with van der Waals surface area (Å²) in [4.78, 5) is 13.3. The highest BCUT2D eigenvalue weighted by Gasteiger charge is 2.28. The van der Waals surface area contributed by atoms with Gasteiger partial charge in [0.05, 0.1) is 19.5 Å². The molecule has 2 rings (SSSR count). The highest BCUT2D eigenvalue weighted by atomic mass is 16.5. The summed E-state index contributed by atoms with van der Waals surface area (Å²) in [6, 6.07) is 3.53. The Morgan fingerprint density at radius 3 is 3.20 bits per heavy atom. The molecule has 1 aromatic rings. The van der Waals surface area contributed by atoms with E-state index in [2.05, 4.69) is 6.58 Å². The highest BCUT2D eigenvalue weighted by Crippen LogP contribution is 2.24. The van der Waals surface area contributed by atoms with Crippen LogP contribution in [0.3, 0.4) is 0 Å². The third-order valence-corrected chi connectivity index (χ3v) is 2.46. The Balaban J connectivity index is 2.20. The Kier molecular flexibility index (Phi) is 2.87. The second kappa shape index (κ2) is 4.31. The maximum atomic E-state index is 11.6. The minimum Gasteiger partial charge on any atom is -0.467 e. The third-order valence-electron chi connectivity index (χ3n) is 2.46. The van der Waals surface area contributed by atoms with Crippen LogP contribution in [0.2, 0.25) is 0 Å². The molecule has 4 nitrogen and oxygen atoms in total. The quantitative estimate of drug-likeness (QED) is 0.688. The van der Waals surface area contributed by atoms with Crippen LogP contribution in [0.5, 0.6) is 0 Å². The number of amides is 1. The summed E-state index contributed by atoms with van der Waals surface area (Å²) in [5, 5.41) is 0. The maximum absolute atomic E-state index is 11.6. The summed E-state index contributed by atoms with van der Waals surface area (Å²) >= 11 is 0. The molecule has 1 aliphatic rings. The molecule has 80 valence electrons. The molecule has 1 amide bonds. The lowest BCUT2D eigenvalue weighted by Crippen LogP contribution is -2.42. The highest BCUT2D eigenvalue weighted by molar-refractivity contribution is 5.87. The minimum absolute atomic E-state index is 0.0836. The van der Waals surface area contributed by atoms with Crippen molar-refractivity contribution >= 4 is 5.91 Å². The first-order valence-electron chi connectivity index (χ1n) is 4.87. The van der Waals surface area contributed by atoms with Crippen LogP contribution >= 0.6 is 0 Å². The molecule has 1 fully saturated rings. The molecular weight excluding hydrogens is 194 g/mol. The van der Waals surface area contributed by atoms with Crippen LogP contribution < -0.4 is 0 Å². The molecule has 1 aliphatic heterocycles. The van der Waals surface area contributed by atoms with Crippen molar-refractivity contribution in [3.05, 3.63) is 36.8 Å².